The molecule has 2 rings (SSSR count). The minimum absolute atomic E-state index is 0.111. The monoisotopic (exact) mass is 240 g/mol. The molecule has 0 fully saturated rings. The lowest BCUT2D eigenvalue weighted by Gasteiger charge is -2.01. The standard InChI is InChI=1S/C10H6F2N2O3/c11-5-1-6(12)3-7(2-5)14-9(15)4-8(13-14)10(16)17/h1-4,13H,(H,16,17). The molecule has 0 bridgehead atoms. The van der Waals surface area contributed by atoms with Gasteiger partial charge in [-0.3, -0.25) is 9.89 Å². The number of hydrogen-bond donors (Lipinski definition) is 2. The van der Waals surface area contributed by atoms with Crippen LogP contribution in [0.5, 0.6) is 0 Å². The number of aromatic amines is 1. The molecular weight excluding hydrogens is 234 g/mol. The number of nitrogens with one attached hydrogen (secondary N) is 1. The maximum atomic E-state index is 12.9. The Bertz CT molecular complexity index is 625. The number of aromatic carboxylic acids is 1. The molecule has 88 valence electrons. The molecule has 17 heavy (non-hydrogen) atoms. The second-order valence-corrected chi connectivity index (χ2v) is 3.28. The first kappa shape index (κ1) is 11.1. The van der Waals surface area contributed by atoms with E-state index in [1.165, 1.54) is 0 Å². The van der Waals surface area contributed by atoms with Gasteiger partial charge in [-0.2, -0.15) is 0 Å². The van der Waals surface area contributed by atoms with Gasteiger partial charge in [0.2, 0.25) is 0 Å². The Labute approximate surface area is 92.9 Å². The first-order chi connectivity index (χ1) is 7.97. The Kier molecular flexibility index (Phi) is 2.51. The lowest BCUT2D eigenvalue weighted by atomic mass is 10.3. The molecule has 0 aliphatic rings. The topological polar surface area (TPSA) is 75.1 Å². The van der Waals surface area contributed by atoms with Crippen LogP contribution in [0.15, 0.2) is 29.1 Å². The van der Waals surface area contributed by atoms with Gasteiger partial charge in [0.05, 0.1) is 5.69 Å². The smallest absolute Gasteiger partial charge is 0.353 e. The average Bonchev–Trinajstić information content (AvgIpc) is 2.59. The molecular formula is C10H6F2N2O3. The molecule has 0 saturated heterocycles. The molecule has 1 aromatic heterocycles. The SMILES string of the molecule is O=C(O)c1cc(=O)n(-c2cc(F)cc(F)c2)[nH]1. The van der Waals surface area contributed by atoms with Gasteiger partial charge in [-0.15, -0.1) is 0 Å². The molecule has 0 amide bonds. The second-order valence-electron chi connectivity index (χ2n) is 3.28. The van der Waals surface area contributed by atoms with Crippen molar-refractivity contribution in [2.24, 2.45) is 0 Å². The number of benzene rings is 1. The largest absolute Gasteiger partial charge is 0.477 e. The van der Waals surface area contributed by atoms with Gasteiger partial charge < -0.3 is 5.11 Å². The molecule has 0 aliphatic carbocycles. The third kappa shape index (κ3) is 2.07. The Morgan fingerprint density at radius 3 is 2.24 bits per heavy atom. The van der Waals surface area contributed by atoms with Crippen molar-refractivity contribution in [3.05, 3.63) is 51.9 Å². The third-order valence-electron chi connectivity index (χ3n) is 2.06. The molecule has 7 heteroatoms. The van der Waals surface area contributed by atoms with Crippen molar-refractivity contribution in [3.8, 4) is 5.69 Å². The lowest BCUT2D eigenvalue weighted by molar-refractivity contribution is 0.0690. The van der Waals surface area contributed by atoms with Crippen LogP contribution in [0.2, 0.25) is 0 Å². The van der Waals surface area contributed by atoms with E-state index >= 15 is 0 Å². The summed E-state index contributed by atoms with van der Waals surface area (Å²) in [5.74, 6) is -3.06. The molecule has 0 saturated carbocycles. The summed E-state index contributed by atoms with van der Waals surface area (Å²) in [5.41, 5.74) is -1.19. The lowest BCUT2D eigenvalue weighted by Crippen LogP contribution is -2.13. The number of carboxylic acid groups (broad SMARTS) is 1. The van der Waals surface area contributed by atoms with Crippen LogP contribution in [0.25, 0.3) is 5.69 Å². The minimum Gasteiger partial charge on any atom is -0.477 e. The van der Waals surface area contributed by atoms with E-state index < -0.39 is 23.2 Å². The Morgan fingerprint density at radius 1 is 1.18 bits per heavy atom. The number of carbonyl (C=O) groups is 1. The highest BCUT2D eigenvalue weighted by molar-refractivity contribution is 5.85. The second kappa shape index (κ2) is 3.85. The first-order valence-electron chi connectivity index (χ1n) is 4.49. The Balaban J connectivity index is 2.60. The highest BCUT2D eigenvalue weighted by Crippen LogP contribution is 2.10. The highest BCUT2D eigenvalue weighted by atomic mass is 19.1. The van der Waals surface area contributed by atoms with Crippen LogP contribution in [0.4, 0.5) is 8.78 Å². The molecule has 1 heterocycles. The van der Waals surface area contributed by atoms with Crippen molar-refractivity contribution >= 4 is 5.97 Å². The summed E-state index contributed by atoms with van der Waals surface area (Å²) in [4.78, 5) is 22.0. The van der Waals surface area contributed by atoms with Gasteiger partial charge in [0, 0.05) is 12.1 Å². The maximum absolute atomic E-state index is 12.9. The predicted molar refractivity (Wildman–Crippen MR) is 53.3 cm³/mol. The van der Waals surface area contributed by atoms with Crippen LogP contribution < -0.4 is 5.56 Å². The number of carboxylic acids is 1. The van der Waals surface area contributed by atoms with Gasteiger partial charge in [-0.05, 0) is 12.1 Å². The number of nitrogens with zero attached hydrogens (tertiary/aromatic N) is 1. The molecule has 0 radical (unpaired) electrons. The van der Waals surface area contributed by atoms with Crippen LogP contribution in [-0.2, 0) is 0 Å². The normalized spacial score (nSPS) is 10.5. The number of H-pyrrole nitrogens is 1. The quantitative estimate of drug-likeness (QED) is 0.826. The van der Waals surface area contributed by atoms with Crippen LogP contribution in [0, 0.1) is 11.6 Å². The van der Waals surface area contributed by atoms with Crippen LogP contribution >= 0.6 is 0 Å². The summed E-state index contributed by atoms with van der Waals surface area (Å²) >= 11 is 0. The van der Waals surface area contributed by atoms with Gasteiger partial charge in [0.25, 0.3) is 5.56 Å². The molecule has 1 aromatic carbocycles. The maximum Gasteiger partial charge on any atom is 0.353 e. The zero-order chi connectivity index (χ0) is 12.6. The minimum atomic E-state index is -1.34. The Hall–Kier alpha value is -2.44. The fourth-order valence-electron chi connectivity index (χ4n) is 1.37. The molecule has 5 nitrogen and oxygen atoms in total. The van der Waals surface area contributed by atoms with Crippen molar-refractivity contribution in [1.29, 1.82) is 0 Å². The van der Waals surface area contributed by atoms with E-state index in [0.29, 0.717) is 6.07 Å². The summed E-state index contributed by atoms with van der Waals surface area (Å²) < 4.78 is 26.6. The van der Waals surface area contributed by atoms with Crippen molar-refractivity contribution in [2.75, 3.05) is 0 Å². The summed E-state index contributed by atoms with van der Waals surface area (Å²) in [5, 5.41) is 10.9. The number of halogens is 2. The zero-order valence-electron chi connectivity index (χ0n) is 8.28. The van der Waals surface area contributed by atoms with Crippen molar-refractivity contribution < 1.29 is 18.7 Å². The van der Waals surface area contributed by atoms with Crippen molar-refractivity contribution in [3.63, 3.8) is 0 Å². The van der Waals surface area contributed by atoms with Gasteiger partial charge in [-0.1, -0.05) is 0 Å². The molecule has 2 aromatic rings. The van der Waals surface area contributed by atoms with Crippen molar-refractivity contribution in [2.45, 2.75) is 0 Å². The number of aromatic nitrogens is 2. The molecule has 2 N–H and O–H groups in total. The summed E-state index contributed by atoms with van der Waals surface area (Å²) in [6.45, 7) is 0. The molecule has 0 unspecified atom stereocenters. The highest BCUT2D eigenvalue weighted by Gasteiger charge is 2.11. The first-order valence-corrected chi connectivity index (χ1v) is 4.49. The van der Waals surface area contributed by atoms with E-state index in [2.05, 4.69) is 5.10 Å². The van der Waals surface area contributed by atoms with E-state index in [-0.39, 0.29) is 11.4 Å². The van der Waals surface area contributed by atoms with Gasteiger partial charge >= 0.3 is 5.97 Å². The predicted octanol–water partition coefficient (Wildman–Crippen LogP) is 1.14. The van der Waals surface area contributed by atoms with Crippen LogP contribution in [-0.4, -0.2) is 20.9 Å². The number of hydrogen-bond acceptors (Lipinski definition) is 2. The fourth-order valence-corrected chi connectivity index (χ4v) is 1.37. The summed E-state index contributed by atoms with van der Waals surface area (Å²) in [6.07, 6.45) is 0. The Morgan fingerprint density at radius 2 is 1.76 bits per heavy atom. The van der Waals surface area contributed by atoms with Crippen LogP contribution in [0.1, 0.15) is 10.5 Å². The van der Waals surface area contributed by atoms with Crippen LogP contribution in [0.3, 0.4) is 0 Å². The summed E-state index contributed by atoms with van der Waals surface area (Å²) in [6, 6.07) is 3.29. The van der Waals surface area contributed by atoms with E-state index in [1.54, 1.807) is 0 Å². The van der Waals surface area contributed by atoms with Gasteiger partial charge in [-0.25, -0.2) is 18.3 Å². The third-order valence-corrected chi connectivity index (χ3v) is 2.06. The molecule has 0 aliphatic heterocycles. The van der Waals surface area contributed by atoms with E-state index in [9.17, 15) is 18.4 Å². The van der Waals surface area contributed by atoms with E-state index in [1.807, 2.05) is 0 Å². The van der Waals surface area contributed by atoms with E-state index in [0.717, 1.165) is 22.9 Å². The van der Waals surface area contributed by atoms with Gasteiger partial charge in [0.1, 0.15) is 17.3 Å². The summed E-state index contributed by atoms with van der Waals surface area (Å²) in [7, 11) is 0. The van der Waals surface area contributed by atoms with Crippen molar-refractivity contribution in [1.82, 2.24) is 9.78 Å². The molecule has 0 atom stereocenters. The average molecular weight is 240 g/mol. The molecule has 0 spiro atoms. The fraction of sp³-hybridized carbons (Fsp3) is 0. The van der Waals surface area contributed by atoms with E-state index in [4.69, 9.17) is 5.11 Å². The zero-order valence-corrected chi connectivity index (χ0v) is 8.28. The number of rotatable bonds is 2. The van der Waals surface area contributed by atoms with Gasteiger partial charge in [0.15, 0.2) is 0 Å².